The molecule has 14 heteroatoms. The highest BCUT2D eigenvalue weighted by Gasteiger charge is 2.31. The minimum atomic E-state index is -1.47. The van der Waals surface area contributed by atoms with Gasteiger partial charge in [0.05, 0.1) is 12.4 Å². The molecule has 10 N–H and O–H groups in total. The van der Waals surface area contributed by atoms with E-state index in [4.69, 9.17) is 16.6 Å². The Hall–Kier alpha value is -3.52. The lowest BCUT2D eigenvalue weighted by Gasteiger charge is -2.25. The molecule has 1 rings (SSSR count). The van der Waals surface area contributed by atoms with Crippen LogP contribution in [0.3, 0.4) is 0 Å². The highest BCUT2D eigenvalue weighted by molar-refractivity contribution is 5.94. The molecule has 0 aliphatic rings. The maximum Gasteiger partial charge on any atom is 0.326 e. The molecule has 4 atom stereocenters. The SMILES string of the molecule is CC(C)C(N)C(=O)NC(CCCCN)C(=O)NC(Cc1cnc[nH]1)C(=O)NC(CCC(=O)O)C(=O)O. The van der Waals surface area contributed by atoms with Gasteiger partial charge < -0.3 is 42.6 Å². The van der Waals surface area contributed by atoms with E-state index < -0.39 is 60.2 Å². The molecule has 3 amide bonds. The molecule has 0 bridgehead atoms. The van der Waals surface area contributed by atoms with Gasteiger partial charge in [-0.05, 0) is 38.1 Å². The fourth-order valence-electron chi connectivity index (χ4n) is 3.23. The maximum atomic E-state index is 13.1. The molecule has 0 radical (unpaired) electrons. The molecule has 1 aromatic rings. The van der Waals surface area contributed by atoms with Crippen LogP contribution < -0.4 is 27.4 Å². The number of hydrogen-bond donors (Lipinski definition) is 8. The molecule has 1 aromatic heterocycles. The summed E-state index contributed by atoms with van der Waals surface area (Å²) in [6.45, 7) is 3.93. The second-order valence-corrected chi connectivity index (χ2v) is 8.79. The zero-order valence-electron chi connectivity index (χ0n) is 20.5. The van der Waals surface area contributed by atoms with Crippen molar-refractivity contribution in [2.45, 2.75) is 76.5 Å². The summed E-state index contributed by atoms with van der Waals surface area (Å²) in [6, 6.07) is -4.56. The molecule has 0 saturated carbocycles. The van der Waals surface area contributed by atoms with Gasteiger partial charge in [-0.25, -0.2) is 9.78 Å². The van der Waals surface area contributed by atoms with Crippen LogP contribution in [0.25, 0.3) is 0 Å². The zero-order valence-corrected chi connectivity index (χ0v) is 20.5. The minimum Gasteiger partial charge on any atom is -0.481 e. The summed E-state index contributed by atoms with van der Waals surface area (Å²) in [6.07, 6.45) is 3.32. The standard InChI is InChI=1S/C22H37N7O7/c1-12(2)18(24)21(34)27-14(5-3-4-8-23)19(32)29-16(9-13-10-25-11-26-13)20(33)28-15(22(35)36)6-7-17(30)31/h10-12,14-16,18H,3-9,23-24H2,1-2H3,(H,25,26)(H,27,34)(H,28,33)(H,29,32)(H,30,31)(H,35,36). The van der Waals surface area contributed by atoms with E-state index in [1.54, 1.807) is 13.8 Å². The van der Waals surface area contributed by atoms with E-state index in [1.165, 1.54) is 12.5 Å². The van der Waals surface area contributed by atoms with E-state index in [1.807, 2.05) is 0 Å². The van der Waals surface area contributed by atoms with Gasteiger partial charge in [-0.15, -0.1) is 0 Å². The molecule has 4 unspecified atom stereocenters. The maximum absolute atomic E-state index is 13.1. The van der Waals surface area contributed by atoms with E-state index in [-0.39, 0.29) is 25.2 Å². The summed E-state index contributed by atoms with van der Waals surface area (Å²) in [4.78, 5) is 67.7. The Bertz CT molecular complexity index is 876. The topological polar surface area (TPSA) is 243 Å². The van der Waals surface area contributed by atoms with Crippen molar-refractivity contribution in [3.63, 3.8) is 0 Å². The Balaban J connectivity index is 3.06. The number of amides is 3. The lowest BCUT2D eigenvalue weighted by Crippen LogP contribution is -2.58. The van der Waals surface area contributed by atoms with E-state index in [9.17, 15) is 29.1 Å². The van der Waals surface area contributed by atoms with Crippen LogP contribution in [0.15, 0.2) is 12.5 Å². The molecule has 0 aliphatic carbocycles. The first kappa shape index (κ1) is 30.5. The lowest BCUT2D eigenvalue weighted by atomic mass is 10.0. The van der Waals surface area contributed by atoms with Crippen molar-refractivity contribution in [2.24, 2.45) is 17.4 Å². The first-order chi connectivity index (χ1) is 17.0. The molecule has 0 aromatic carbocycles. The van der Waals surface area contributed by atoms with Crippen LogP contribution in [-0.4, -0.2) is 80.6 Å². The fourth-order valence-corrected chi connectivity index (χ4v) is 3.23. The number of imidazole rings is 1. The molecular formula is C22H37N7O7. The van der Waals surface area contributed by atoms with Crippen LogP contribution in [0, 0.1) is 5.92 Å². The number of carboxylic acid groups (broad SMARTS) is 2. The molecule has 0 spiro atoms. The highest BCUT2D eigenvalue weighted by Crippen LogP contribution is 2.07. The Morgan fingerprint density at radius 3 is 2.08 bits per heavy atom. The largest absolute Gasteiger partial charge is 0.481 e. The van der Waals surface area contributed by atoms with Crippen molar-refractivity contribution in [1.29, 1.82) is 0 Å². The summed E-state index contributed by atoms with van der Waals surface area (Å²) >= 11 is 0. The summed E-state index contributed by atoms with van der Waals surface area (Å²) in [5, 5.41) is 25.7. The third-order valence-corrected chi connectivity index (χ3v) is 5.47. The number of hydrogen-bond acceptors (Lipinski definition) is 8. The summed E-state index contributed by atoms with van der Waals surface area (Å²) in [5.41, 5.74) is 11.9. The number of H-pyrrole nitrogens is 1. The first-order valence-electron chi connectivity index (χ1n) is 11.7. The van der Waals surface area contributed by atoms with Crippen LogP contribution in [-0.2, 0) is 30.4 Å². The third kappa shape index (κ3) is 10.8. The zero-order chi connectivity index (χ0) is 27.3. The number of nitrogens with two attached hydrogens (primary N) is 2. The molecule has 36 heavy (non-hydrogen) atoms. The van der Waals surface area contributed by atoms with Crippen molar-refractivity contribution in [2.75, 3.05) is 6.54 Å². The number of rotatable bonds is 17. The Labute approximate surface area is 209 Å². The molecule has 14 nitrogen and oxygen atoms in total. The molecular weight excluding hydrogens is 474 g/mol. The Morgan fingerprint density at radius 1 is 0.944 bits per heavy atom. The molecule has 0 saturated heterocycles. The molecule has 0 aliphatic heterocycles. The molecule has 202 valence electrons. The number of carbonyl (C=O) groups is 5. The van der Waals surface area contributed by atoms with Crippen molar-refractivity contribution in [3.05, 3.63) is 18.2 Å². The number of carbonyl (C=O) groups excluding carboxylic acids is 3. The van der Waals surface area contributed by atoms with Gasteiger partial charge in [0.25, 0.3) is 0 Å². The smallest absolute Gasteiger partial charge is 0.326 e. The van der Waals surface area contributed by atoms with Crippen LogP contribution in [0.2, 0.25) is 0 Å². The van der Waals surface area contributed by atoms with E-state index >= 15 is 0 Å². The highest BCUT2D eigenvalue weighted by atomic mass is 16.4. The number of nitrogens with zero attached hydrogens (tertiary/aromatic N) is 1. The van der Waals surface area contributed by atoms with Gasteiger partial charge in [0, 0.05) is 24.7 Å². The first-order valence-corrected chi connectivity index (χ1v) is 11.7. The van der Waals surface area contributed by atoms with Crippen LogP contribution in [0.4, 0.5) is 0 Å². The van der Waals surface area contributed by atoms with Crippen molar-refractivity contribution >= 4 is 29.7 Å². The average Bonchev–Trinajstić information content (AvgIpc) is 3.32. The Kier molecular flexibility index (Phi) is 13.1. The van der Waals surface area contributed by atoms with Gasteiger partial charge in [0.2, 0.25) is 17.7 Å². The van der Waals surface area contributed by atoms with E-state index in [0.29, 0.717) is 25.1 Å². The number of aromatic nitrogens is 2. The van der Waals surface area contributed by atoms with Crippen molar-refractivity contribution in [1.82, 2.24) is 25.9 Å². The second-order valence-electron chi connectivity index (χ2n) is 8.79. The van der Waals surface area contributed by atoms with Gasteiger partial charge >= 0.3 is 11.9 Å². The van der Waals surface area contributed by atoms with Crippen LogP contribution >= 0.6 is 0 Å². The number of unbranched alkanes of at least 4 members (excludes halogenated alkanes) is 1. The molecule has 1 heterocycles. The average molecular weight is 512 g/mol. The van der Waals surface area contributed by atoms with Gasteiger partial charge in [-0.1, -0.05) is 13.8 Å². The monoisotopic (exact) mass is 511 g/mol. The second kappa shape index (κ2) is 15.5. The van der Waals surface area contributed by atoms with E-state index in [0.717, 1.165) is 0 Å². The number of carboxylic acids is 2. The van der Waals surface area contributed by atoms with Crippen LogP contribution in [0.1, 0.15) is 51.6 Å². The van der Waals surface area contributed by atoms with Crippen LogP contribution in [0.5, 0.6) is 0 Å². The van der Waals surface area contributed by atoms with Gasteiger partial charge in [-0.2, -0.15) is 0 Å². The quantitative estimate of drug-likeness (QED) is 0.112. The third-order valence-electron chi connectivity index (χ3n) is 5.47. The normalized spacial score (nSPS) is 14.4. The predicted octanol–water partition coefficient (Wildman–Crippen LogP) is -1.53. The van der Waals surface area contributed by atoms with Gasteiger partial charge in [-0.3, -0.25) is 19.2 Å². The minimum absolute atomic E-state index is 0.0577. The molecule has 0 fully saturated rings. The number of nitrogens with one attached hydrogen (secondary N) is 4. The van der Waals surface area contributed by atoms with E-state index in [2.05, 4.69) is 25.9 Å². The van der Waals surface area contributed by atoms with Crippen molar-refractivity contribution < 1.29 is 34.2 Å². The lowest BCUT2D eigenvalue weighted by molar-refractivity contribution is -0.143. The number of aromatic amines is 1. The summed E-state index contributed by atoms with van der Waals surface area (Å²) in [5.74, 6) is -4.81. The fraction of sp³-hybridized carbons (Fsp3) is 0.636. The van der Waals surface area contributed by atoms with Gasteiger partial charge in [0.15, 0.2) is 0 Å². The van der Waals surface area contributed by atoms with Gasteiger partial charge in [0.1, 0.15) is 18.1 Å². The predicted molar refractivity (Wildman–Crippen MR) is 128 cm³/mol. The number of aliphatic carboxylic acids is 2. The summed E-state index contributed by atoms with van der Waals surface area (Å²) < 4.78 is 0. The summed E-state index contributed by atoms with van der Waals surface area (Å²) in [7, 11) is 0. The Morgan fingerprint density at radius 2 is 1.56 bits per heavy atom. The van der Waals surface area contributed by atoms with Crippen molar-refractivity contribution in [3.8, 4) is 0 Å².